The number of hydrogen-bond acceptors (Lipinski definition) is 4. The van der Waals surface area contributed by atoms with Crippen molar-refractivity contribution in [2.45, 2.75) is 35.1 Å². The quantitative estimate of drug-likeness (QED) is 0.889. The summed E-state index contributed by atoms with van der Waals surface area (Å²) in [6.45, 7) is 0. The van der Waals surface area contributed by atoms with E-state index in [-0.39, 0.29) is 0 Å². The molecule has 1 aromatic heterocycles. The molecule has 92 valence electrons. The summed E-state index contributed by atoms with van der Waals surface area (Å²) in [7, 11) is 0. The number of aromatic nitrogens is 1. The third-order valence-electron chi connectivity index (χ3n) is 2.98. The zero-order chi connectivity index (χ0) is 12.5. The second kappa shape index (κ2) is 4.96. The predicted octanol–water partition coefficient (Wildman–Crippen LogP) is 1.67. The lowest BCUT2D eigenvalue weighted by molar-refractivity contribution is -0.122. The van der Waals surface area contributed by atoms with E-state index in [0.29, 0.717) is 18.1 Å². The number of pyridine rings is 1. The zero-order valence-corrected chi connectivity index (χ0v) is 11.6. The van der Waals surface area contributed by atoms with Crippen LogP contribution in [0.5, 0.6) is 0 Å². The van der Waals surface area contributed by atoms with Crippen LogP contribution >= 0.6 is 27.7 Å². The molecule has 0 radical (unpaired) electrons. The van der Waals surface area contributed by atoms with Gasteiger partial charge in [0.1, 0.15) is 0 Å². The van der Waals surface area contributed by atoms with Gasteiger partial charge >= 0.3 is 0 Å². The highest BCUT2D eigenvalue weighted by Crippen LogP contribution is 2.38. The third-order valence-corrected chi connectivity index (χ3v) is 4.67. The molecule has 2 rings (SSSR count). The summed E-state index contributed by atoms with van der Waals surface area (Å²) in [5.74, 6) is -0.399. The lowest BCUT2D eigenvalue weighted by atomic mass is 9.99. The number of carbonyl (C=O) groups is 1. The summed E-state index contributed by atoms with van der Waals surface area (Å²) in [6, 6.07) is 3.91. The van der Waals surface area contributed by atoms with Gasteiger partial charge in [-0.2, -0.15) is 0 Å². The van der Waals surface area contributed by atoms with Crippen molar-refractivity contribution < 1.29 is 4.79 Å². The number of halogens is 1. The lowest BCUT2D eigenvalue weighted by Gasteiger charge is -2.19. The maximum Gasteiger partial charge on any atom is 0.237 e. The molecule has 2 atom stereocenters. The fourth-order valence-corrected chi connectivity index (χ4v) is 3.41. The number of hydrogen-bond donors (Lipinski definition) is 2. The van der Waals surface area contributed by atoms with Crippen molar-refractivity contribution in [1.82, 2.24) is 4.98 Å². The molecule has 1 aliphatic carbocycles. The molecule has 1 aromatic rings. The first-order valence-electron chi connectivity index (χ1n) is 5.37. The molecular formula is C11H14BrN3OS. The van der Waals surface area contributed by atoms with Crippen LogP contribution in [0.1, 0.15) is 19.3 Å². The SMILES string of the molecule is NC(=O)C1(N)CCC(Sc2ccc(Br)cn2)C1. The Kier molecular flexibility index (Phi) is 3.75. The number of nitrogens with zero attached hydrogens (tertiary/aromatic N) is 1. The summed E-state index contributed by atoms with van der Waals surface area (Å²) in [5.41, 5.74) is 10.4. The molecule has 17 heavy (non-hydrogen) atoms. The van der Waals surface area contributed by atoms with Crippen LogP contribution in [0.15, 0.2) is 27.8 Å². The van der Waals surface area contributed by atoms with E-state index >= 15 is 0 Å². The summed E-state index contributed by atoms with van der Waals surface area (Å²) in [5, 5.41) is 1.27. The van der Waals surface area contributed by atoms with Crippen LogP contribution in [0.4, 0.5) is 0 Å². The highest BCUT2D eigenvalue weighted by atomic mass is 79.9. The molecule has 0 aliphatic heterocycles. The largest absolute Gasteiger partial charge is 0.368 e. The Morgan fingerprint density at radius 2 is 2.35 bits per heavy atom. The van der Waals surface area contributed by atoms with Gasteiger partial charge < -0.3 is 11.5 Å². The highest BCUT2D eigenvalue weighted by Gasteiger charge is 2.40. The van der Waals surface area contributed by atoms with Crippen LogP contribution < -0.4 is 11.5 Å². The van der Waals surface area contributed by atoms with E-state index in [1.165, 1.54) is 0 Å². The van der Waals surface area contributed by atoms with Crippen molar-refractivity contribution in [2.24, 2.45) is 11.5 Å². The average molecular weight is 316 g/mol. The van der Waals surface area contributed by atoms with Gasteiger partial charge in [0.15, 0.2) is 0 Å². The van der Waals surface area contributed by atoms with Crippen LogP contribution in [-0.4, -0.2) is 21.7 Å². The maximum atomic E-state index is 11.2. The van der Waals surface area contributed by atoms with Crippen molar-refractivity contribution in [3.63, 3.8) is 0 Å². The van der Waals surface area contributed by atoms with Gasteiger partial charge in [0.2, 0.25) is 5.91 Å². The molecular weight excluding hydrogens is 302 g/mol. The summed E-state index contributed by atoms with van der Waals surface area (Å²) >= 11 is 5.00. The van der Waals surface area contributed by atoms with Crippen LogP contribution in [0.3, 0.4) is 0 Å². The van der Waals surface area contributed by atoms with Gasteiger partial charge in [-0.15, -0.1) is 11.8 Å². The van der Waals surface area contributed by atoms with Crippen molar-refractivity contribution in [3.8, 4) is 0 Å². The summed E-state index contributed by atoms with van der Waals surface area (Å²) < 4.78 is 0.957. The number of carbonyl (C=O) groups excluding carboxylic acids is 1. The van der Waals surface area contributed by atoms with E-state index in [1.54, 1.807) is 18.0 Å². The van der Waals surface area contributed by atoms with Crippen LogP contribution in [0.2, 0.25) is 0 Å². The van der Waals surface area contributed by atoms with E-state index < -0.39 is 11.4 Å². The Balaban J connectivity index is 1.98. The molecule has 0 aromatic carbocycles. The Morgan fingerprint density at radius 3 is 2.88 bits per heavy atom. The van der Waals surface area contributed by atoms with Gasteiger partial charge in [-0.25, -0.2) is 4.98 Å². The average Bonchev–Trinajstić information content (AvgIpc) is 2.65. The first kappa shape index (κ1) is 12.9. The van der Waals surface area contributed by atoms with Gasteiger partial charge in [0, 0.05) is 15.9 Å². The summed E-state index contributed by atoms with van der Waals surface area (Å²) in [6.07, 6.45) is 3.96. The van der Waals surface area contributed by atoms with Crippen LogP contribution in [0, 0.1) is 0 Å². The Labute approximate surface area is 113 Å². The second-order valence-corrected chi connectivity index (χ2v) is 6.55. The first-order chi connectivity index (χ1) is 7.99. The number of amides is 1. The number of thioether (sulfide) groups is 1. The zero-order valence-electron chi connectivity index (χ0n) is 9.23. The molecule has 1 saturated carbocycles. The predicted molar refractivity (Wildman–Crippen MR) is 71.5 cm³/mol. The molecule has 0 saturated heterocycles. The van der Waals surface area contributed by atoms with E-state index in [2.05, 4.69) is 20.9 Å². The van der Waals surface area contributed by atoms with Crippen molar-refractivity contribution in [3.05, 3.63) is 22.8 Å². The maximum absolute atomic E-state index is 11.2. The van der Waals surface area contributed by atoms with E-state index in [0.717, 1.165) is 15.9 Å². The number of primary amides is 1. The smallest absolute Gasteiger partial charge is 0.237 e. The minimum Gasteiger partial charge on any atom is -0.368 e. The Morgan fingerprint density at radius 1 is 1.59 bits per heavy atom. The minimum atomic E-state index is -0.826. The third kappa shape index (κ3) is 3.00. The Bertz CT molecular complexity index is 425. The van der Waals surface area contributed by atoms with Gasteiger partial charge in [-0.3, -0.25) is 4.79 Å². The number of nitrogens with two attached hydrogens (primary N) is 2. The molecule has 1 amide bonds. The van der Waals surface area contributed by atoms with Crippen LogP contribution in [-0.2, 0) is 4.79 Å². The molecule has 6 heteroatoms. The molecule has 2 unspecified atom stereocenters. The molecule has 0 spiro atoms. The number of rotatable bonds is 3. The normalized spacial score (nSPS) is 28.2. The molecule has 1 fully saturated rings. The van der Waals surface area contributed by atoms with E-state index in [1.807, 2.05) is 12.1 Å². The van der Waals surface area contributed by atoms with Gasteiger partial charge in [0.25, 0.3) is 0 Å². The van der Waals surface area contributed by atoms with Crippen LogP contribution in [0.25, 0.3) is 0 Å². The topological polar surface area (TPSA) is 82.0 Å². The second-order valence-electron chi connectivity index (χ2n) is 4.32. The van der Waals surface area contributed by atoms with Gasteiger partial charge in [-0.05, 0) is 47.3 Å². The molecule has 0 bridgehead atoms. The summed E-state index contributed by atoms with van der Waals surface area (Å²) in [4.78, 5) is 15.5. The van der Waals surface area contributed by atoms with E-state index in [9.17, 15) is 4.79 Å². The first-order valence-corrected chi connectivity index (χ1v) is 7.04. The Hall–Kier alpha value is -0.590. The van der Waals surface area contributed by atoms with Gasteiger partial charge in [0.05, 0.1) is 10.6 Å². The van der Waals surface area contributed by atoms with Gasteiger partial charge in [-0.1, -0.05) is 0 Å². The fourth-order valence-electron chi connectivity index (χ4n) is 1.96. The molecule has 1 heterocycles. The molecule has 1 aliphatic rings. The molecule has 4 nitrogen and oxygen atoms in total. The molecule has 4 N–H and O–H groups in total. The highest BCUT2D eigenvalue weighted by molar-refractivity contribution is 9.10. The monoisotopic (exact) mass is 315 g/mol. The van der Waals surface area contributed by atoms with Crippen molar-refractivity contribution in [1.29, 1.82) is 0 Å². The van der Waals surface area contributed by atoms with Crippen molar-refractivity contribution >= 4 is 33.6 Å². The van der Waals surface area contributed by atoms with E-state index in [4.69, 9.17) is 11.5 Å². The van der Waals surface area contributed by atoms with Crippen molar-refractivity contribution in [2.75, 3.05) is 0 Å². The minimum absolute atomic E-state index is 0.321. The fraction of sp³-hybridized carbons (Fsp3) is 0.455. The standard InChI is InChI=1S/C11H14BrN3OS/c12-7-1-2-9(15-6-7)17-8-3-4-11(14,5-8)10(13)16/h1-2,6,8H,3-5,14H2,(H2,13,16). The lowest BCUT2D eigenvalue weighted by Crippen LogP contribution is -2.50.